The maximum absolute atomic E-state index is 12.9. The Kier molecular flexibility index (Phi) is 7.69. The highest BCUT2D eigenvalue weighted by atomic mass is 32.2. The Bertz CT molecular complexity index is 1070. The van der Waals surface area contributed by atoms with Crippen LogP contribution in [0, 0.1) is 0 Å². The van der Waals surface area contributed by atoms with Gasteiger partial charge >= 0.3 is 0 Å². The molecule has 1 fully saturated rings. The van der Waals surface area contributed by atoms with Crippen molar-refractivity contribution in [3.63, 3.8) is 0 Å². The summed E-state index contributed by atoms with van der Waals surface area (Å²) in [5, 5.41) is 3.02. The van der Waals surface area contributed by atoms with Gasteiger partial charge in [-0.15, -0.1) is 0 Å². The van der Waals surface area contributed by atoms with Crippen LogP contribution in [0.25, 0.3) is 0 Å². The molecule has 1 amide bonds. The van der Waals surface area contributed by atoms with E-state index in [1.165, 1.54) is 5.56 Å². The van der Waals surface area contributed by atoms with Crippen molar-refractivity contribution in [3.8, 4) is 0 Å². The van der Waals surface area contributed by atoms with Crippen molar-refractivity contribution in [1.82, 2.24) is 5.32 Å². The van der Waals surface area contributed by atoms with Gasteiger partial charge in [-0.3, -0.25) is 9.52 Å². The summed E-state index contributed by atoms with van der Waals surface area (Å²) in [7, 11) is -3.43. The second kappa shape index (κ2) is 10.1. The van der Waals surface area contributed by atoms with Crippen LogP contribution in [0.1, 0.15) is 50.3 Å². The van der Waals surface area contributed by atoms with Crippen molar-refractivity contribution < 1.29 is 17.9 Å². The summed E-state index contributed by atoms with van der Waals surface area (Å²) in [6, 6.07) is 13.7. The third kappa shape index (κ3) is 6.95. The number of benzene rings is 2. The van der Waals surface area contributed by atoms with Crippen LogP contribution in [0.5, 0.6) is 0 Å². The number of hydrogen-bond donors (Lipinski definition) is 2. The zero-order valence-corrected chi connectivity index (χ0v) is 21.0. The Morgan fingerprint density at radius 2 is 1.73 bits per heavy atom. The van der Waals surface area contributed by atoms with Gasteiger partial charge in [0.15, 0.2) is 0 Å². The summed E-state index contributed by atoms with van der Waals surface area (Å²) >= 11 is 0. The second-order valence-electron chi connectivity index (χ2n) is 9.64. The molecule has 1 atom stereocenters. The Balaban J connectivity index is 1.73. The van der Waals surface area contributed by atoms with Crippen LogP contribution in [0.4, 0.5) is 11.4 Å². The van der Waals surface area contributed by atoms with E-state index in [4.69, 9.17) is 4.74 Å². The molecule has 2 N–H and O–H groups in total. The highest BCUT2D eigenvalue weighted by Crippen LogP contribution is 2.31. The molecule has 0 radical (unpaired) electrons. The lowest BCUT2D eigenvalue weighted by Gasteiger charge is -2.31. The molecule has 0 bridgehead atoms. The first kappa shape index (κ1) is 25.1. The number of anilines is 2. The number of morpholine rings is 1. The van der Waals surface area contributed by atoms with Gasteiger partial charge in [0.1, 0.15) is 0 Å². The van der Waals surface area contributed by atoms with Crippen molar-refractivity contribution >= 4 is 27.3 Å². The fourth-order valence-electron chi connectivity index (χ4n) is 3.79. The lowest BCUT2D eigenvalue weighted by atomic mass is 9.87. The van der Waals surface area contributed by atoms with E-state index in [0.717, 1.165) is 23.1 Å². The van der Waals surface area contributed by atoms with Gasteiger partial charge < -0.3 is 15.0 Å². The van der Waals surface area contributed by atoms with Crippen LogP contribution in [-0.4, -0.2) is 46.9 Å². The molecule has 1 heterocycles. The lowest BCUT2D eigenvalue weighted by Crippen LogP contribution is -2.37. The van der Waals surface area contributed by atoms with Gasteiger partial charge in [-0.1, -0.05) is 51.1 Å². The molecule has 0 spiro atoms. The van der Waals surface area contributed by atoms with E-state index in [1.807, 2.05) is 25.1 Å². The smallest absolute Gasteiger partial charge is 0.229 e. The Labute approximate surface area is 197 Å². The van der Waals surface area contributed by atoms with Crippen LogP contribution >= 0.6 is 0 Å². The topological polar surface area (TPSA) is 87.7 Å². The quantitative estimate of drug-likeness (QED) is 0.641. The molecule has 1 saturated heterocycles. The zero-order chi connectivity index (χ0) is 24.2. The van der Waals surface area contributed by atoms with Gasteiger partial charge in [-0.05, 0) is 41.2 Å². The minimum Gasteiger partial charge on any atom is -0.378 e. The van der Waals surface area contributed by atoms with E-state index in [2.05, 4.69) is 47.8 Å². The molecule has 3 rings (SSSR count). The molecular formula is C25H35N3O4S. The minimum absolute atomic E-state index is 0.0772. The number of hydrogen-bond acceptors (Lipinski definition) is 5. The van der Waals surface area contributed by atoms with E-state index in [9.17, 15) is 13.2 Å². The van der Waals surface area contributed by atoms with Gasteiger partial charge in [0.25, 0.3) is 0 Å². The number of sulfonamides is 1. The predicted octanol–water partition coefficient (Wildman–Crippen LogP) is 3.61. The van der Waals surface area contributed by atoms with Crippen molar-refractivity contribution in [2.75, 3.05) is 42.2 Å². The van der Waals surface area contributed by atoms with Crippen LogP contribution in [0.3, 0.4) is 0 Å². The van der Waals surface area contributed by atoms with E-state index >= 15 is 0 Å². The average molecular weight is 474 g/mol. The third-order valence-electron chi connectivity index (χ3n) is 5.85. The van der Waals surface area contributed by atoms with Gasteiger partial charge in [-0.25, -0.2) is 8.42 Å². The summed E-state index contributed by atoms with van der Waals surface area (Å²) in [5.74, 6) is -0.461. The minimum atomic E-state index is -3.43. The molecule has 2 aromatic rings. The van der Waals surface area contributed by atoms with Crippen LogP contribution < -0.4 is 14.9 Å². The third-order valence-corrected chi connectivity index (χ3v) is 6.44. The van der Waals surface area contributed by atoms with Crippen LogP contribution in [0.2, 0.25) is 0 Å². The first-order chi connectivity index (χ1) is 15.4. The van der Waals surface area contributed by atoms with Crippen LogP contribution in [0.15, 0.2) is 42.5 Å². The standard InChI is InChI=1S/C25H35N3O4S/c1-18(24(29)26-17-19-6-9-21(10-7-19)25(2,3)4)20-8-11-22(27-33(5,30)31)23(16-20)28-12-14-32-15-13-28/h6-11,16,18,27H,12-15,17H2,1-5H3,(H,26,29). The summed E-state index contributed by atoms with van der Waals surface area (Å²) in [6.45, 7) is 11.3. The summed E-state index contributed by atoms with van der Waals surface area (Å²) in [4.78, 5) is 15.0. The van der Waals surface area contributed by atoms with Crippen molar-refractivity contribution in [1.29, 1.82) is 0 Å². The molecule has 8 heteroatoms. The summed E-state index contributed by atoms with van der Waals surface area (Å²) in [6.07, 6.45) is 1.13. The van der Waals surface area contributed by atoms with E-state index in [0.29, 0.717) is 38.5 Å². The number of rotatable bonds is 7. The molecule has 33 heavy (non-hydrogen) atoms. The van der Waals surface area contributed by atoms with Crippen molar-refractivity contribution in [2.45, 2.75) is 45.6 Å². The Hall–Kier alpha value is -2.58. The van der Waals surface area contributed by atoms with Gasteiger partial charge in [0, 0.05) is 19.6 Å². The average Bonchev–Trinajstić information content (AvgIpc) is 2.76. The maximum atomic E-state index is 12.9. The van der Waals surface area contributed by atoms with Crippen molar-refractivity contribution in [2.24, 2.45) is 0 Å². The number of carbonyl (C=O) groups excluding carboxylic acids is 1. The first-order valence-electron chi connectivity index (χ1n) is 11.3. The van der Waals surface area contributed by atoms with Gasteiger partial charge in [0.2, 0.25) is 15.9 Å². The molecule has 2 aromatic carbocycles. The molecule has 1 aliphatic heterocycles. The fraction of sp³-hybridized carbons (Fsp3) is 0.480. The van der Waals surface area contributed by atoms with E-state index < -0.39 is 10.0 Å². The van der Waals surface area contributed by atoms with Crippen LogP contribution in [-0.2, 0) is 31.5 Å². The molecule has 1 unspecified atom stereocenters. The number of nitrogens with one attached hydrogen (secondary N) is 2. The second-order valence-corrected chi connectivity index (χ2v) is 11.4. The maximum Gasteiger partial charge on any atom is 0.229 e. The van der Waals surface area contributed by atoms with Gasteiger partial charge in [-0.2, -0.15) is 0 Å². The summed E-state index contributed by atoms with van der Waals surface area (Å²) < 4.78 is 31.7. The summed E-state index contributed by atoms with van der Waals surface area (Å²) in [5.41, 5.74) is 4.49. The number of carbonyl (C=O) groups is 1. The molecule has 1 aliphatic rings. The van der Waals surface area contributed by atoms with Crippen molar-refractivity contribution in [3.05, 3.63) is 59.2 Å². The largest absolute Gasteiger partial charge is 0.378 e. The Morgan fingerprint density at radius 3 is 2.30 bits per heavy atom. The predicted molar refractivity (Wildman–Crippen MR) is 133 cm³/mol. The molecule has 0 saturated carbocycles. The van der Waals surface area contributed by atoms with E-state index in [1.54, 1.807) is 12.1 Å². The number of amides is 1. The van der Waals surface area contributed by atoms with Gasteiger partial charge in [0.05, 0.1) is 36.8 Å². The zero-order valence-electron chi connectivity index (χ0n) is 20.1. The normalized spacial score (nSPS) is 15.7. The lowest BCUT2D eigenvalue weighted by molar-refractivity contribution is -0.122. The molecule has 7 nitrogen and oxygen atoms in total. The highest BCUT2D eigenvalue weighted by Gasteiger charge is 2.21. The molecular weight excluding hydrogens is 438 g/mol. The first-order valence-corrected chi connectivity index (χ1v) is 13.1. The monoisotopic (exact) mass is 473 g/mol. The Morgan fingerprint density at radius 1 is 1.09 bits per heavy atom. The fourth-order valence-corrected chi connectivity index (χ4v) is 4.36. The number of nitrogens with zero attached hydrogens (tertiary/aromatic N) is 1. The molecule has 0 aromatic heterocycles. The molecule has 0 aliphatic carbocycles. The molecule has 180 valence electrons. The van der Waals surface area contributed by atoms with E-state index in [-0.39, 0.29) is 17.2 Å². The number of ether oxygens (including phenoxy) is 1. The SMILES string of the molecule is CC(C(=O)NCc1ccc(C(C)(C)C)cc1)c1ccc(NS(C)(=O)=O)c(N2CCOCC2)c1. The highest BCUT2D eigenvalue weighted by molar-refractivity contribution is 7.92.